The van der Waals surface area contributed by atoms with Crippen LogP contribution in [-0.2, 0) is 11.2 Å². The Morgan fingerprint density at radius 3 is 2.71 bits per heavy atom. The number of urea groups is 1. The third-order valence-corrected chi connectivity index (χ3v) is 4.88. The number of methoxy groups -OCH3 is 1. The van der Waals surface area contributed by atoms with Crippen LogP contribution in [0.5, 0.6) is 5.75 Å². The van der Waals surface area contributed by atoms with Gasteiger partial charge in [0.05, 0.1) is 24.9 Å². The van der Waals surface area contributed by atoms with Crippen LogP contribution in [0.4, 0.5) is 21.3 Å². The van der Waals surface area contributed by atoms with Crippen molar-refractivity contribution in [1.29, 1.82) is 0 Å². The number of nitrogens with zero attached hydrogens (tertiary/aromatic N) is 1. The summed E-state index contributed by atoms with van der Waals surface area (Å²) < 4.78 is 6.08. The van der Waals surface area contributed by atoms with E-state index in [0.717, 1.165) is 4.47 Å². The van der Waals surface area contributed by atoms with Gasteiger partial charge in [-0.05, 0) is 30.3 Å². The smallest absolute Gasteiger partial charge is 0.325 e. The molecule has 3 rings (SSSR count). The number of aromatic nitrogens is 1. The summed E-state index contributed by atoms with van der Waals surface area (Å²) in [5.74, 6) is 0.370. The van der Waals surface area contributed by atoms with Crippen molar-refractivity contribution in [2.45, 2.75) is 6.42 Å². The molecule has 0 atom stereocenters. The highest BCUT2D eigenvalue weighted by molar-refractivity contribution is 9.10. The maximum atomic E-state index is 12.2. The number of anilines is 3. The van der Waals surface area contributed by atoms with Crippen LogP contribution in [0.25, 0.3) is 0 Å². The highest BCUT2D eigenvalue weighted by atomic mass is 79.9. The minimum Gasteiger partial charge on any atom is -0.495 e. The molecule has 2 aromatic carbocycles. The molecule has 0 saturated heterocycles. The van der Waals surface area contributed by atoms with Gasteiger partial charge in [0.25, 0.3) is 0 Å². The number of para-hydroxylation sites is 2. The lowest BCUT2D eigenvalue weighted by molar-refractivity contribution is -0.115. The standard InChI is InChI=1S/C19H17BrN4O3S/c1-27-16-8-3-2-7-15(16)23-18(26)24-19-22-14(11-28-19)10-17(25)21-13-6-4-5-12(20)9-13/h2-9,11H,10H2,1H3,(H,21,25)(H2,22,23,24,26). The first kappa shape index (κ1) is 19.8. The number of benzene rings is 2. The van der Waals surface area contributed by atoms with Crippen LogP contribution >= 0.6 is 27.3 Å². The van der Waals surface area contributed by atoms with Gasteiger partial charge in [-0.25, -0.2) is 9.78 Å². The summed E-state index contributed by atoms with van der Waals surface area (Å²) in [6.45, 7) is 0. The number of thiazole rings is 1. The maximum Gasteiger partial charge on any atom is 0.325 e. The Labute approximate surface area is 174 Å². The Hall–Kier alpha value is -2.91. The molecule has 0 aliphatic heterocycles. The summed E-state index contributed by atoms with van der Waals surface area (Å²) in [6.07, 6.45) is 0.110. The van der Waals surface area contributed by atoms with Crippen LogP contribution < -0.4 is 20.7 Å². The highest BCUT2D eigenvalue weighted by Crippen LogP contribution is 2.24. The average Bonchev–Trinajstić information content (AvgIpc) is 3.08. The van der Waals surface area contributed by atoms with Gasteiger partial charge in [0.2, 0.25) is 5.91 Å². The van der Waals surface area contributed by atoms with Gasteiger partial charge in [-0.3, -0.25) is 10.1 Å². The monoisotopic (exact) mass is 460 g/mol. The Morgan fingerprint density at radius 2 is 1.93 bits per heavy atom. The topological polar surface area (TPSA) is 92.3 Å². The number of rotatable bonds is 6. The molecule has 3 aromatic rings. The molecule has 0 aliphatic rings. The molecule has 3 amide bonds. The molecule has 1 aromatic heterocycles. The van der Waals surface area contributed by atoms with Gasteiger partial charge in [-0.2, -0.15) is 0 Å². The number of hydrogen-bond donors (Lipinski definition) is 3. The largest absolute Gasteiger partial charge is 0.495 e. The zero-order chi connectivity index (χ0) is 19.9. The van der Waals surface area contributed by atoms with Gasteiger partial charge in [0.1, 0.15) is 5.75 Å². The van der Waals surface area contributed by atoms with E-state index in [-0.39, 0.29) is 12.3 Å². The predicted octanol–water partition coefficient (Wildman–Crippen LogP) is 4.74. The van der Waals surface area contributed by atoms with Gasteiger partial charge in [-0.15, -0.1) is 11.3 Å². The molecule has 144 valence electrons. The Kier molecular flexibility index (Phi) is 6.62. The second kappa shape index (κ2) is 9.34. The first-order valence-corrected chi connectivity index (χ1v) is 9.91. The first-order chi connectivity index (χ1) is 13.5. The molecule has 1 heterocycles. The third kappa shape index (κ3) is 5.54. The van der Waals surface area contributed by atoms with Gasteiger partial charge < -0.3 is 15.4 Å². The molecular formula is C19H17BrN4O3S. The second-order valence-electron chi connectivity index (χ2n) is 5.66. The van der Waals surface area contributed by atoms with Crippen molar-refractivity contribution in [2.75, 3.05) is 23.1 Å². The molecular weight excluding hydrogens is 444 g/mol. The number of carbonyl (C=O) groups excluding carboxylic acids is 2. The maximum absolute atomic E-state index is 12.2. The molecule has 0 radical (unpaired) electrons. The van der Waals surface area contributed by atoms with Crippen LogP contribution in [0, 0.1) is 0 Å². The molecule has 0 aliphatic carbocycles. The summed E-state index contributed by atoms with van der Waals surface area (Å²) in [5, 5.41) is 10.3. The van der Waals surface area contributed by atoms with Crippen molar-refractivity contribution in [1.82, 2.24) is 4.98 Å². The Balaban J connectivity index is 1.55. The van der Waals surface area contributed by atoms with E-state index in [0.29, 0.717) is 27.9 Å². The number of halogens is 1. The van der Waals surface area contributed by atoms with Gasteiger partial charge in [0, 0.05) is 15.5 Å². The molecule has 0 spiro atoms. The molecule has 0 saturated carbocycles. The van der Waals surface area contributed by atoms with E-state index in [1.54, 1.807) is 29.6 Å². The van der Waals surface area contributed by atoms with E-state index in [1.807, 2.05) is 24.3 Å². The summed E-state index contributed by atoms with van der Waals surface area (Å²) in [4.78, 5) is 28.6. The molecule has 0 unspecified atom stereocenters. The van der Waals surface area contributed by atoms with Crippen molar-refractivity contribution in [3.63, 3.8) is 0 Å². The molecule has 28 heavy (non-hydrogen) atoms. The fraction of sp³-hybridized carbons (Fsp3) is 0.105. The van der Waals surface area contributed by atoms with Crippen molar-refractivity contribution in [2.24, 2.45) is 0 Å². The van der Waals surface area contributed by atoms with Crippen LogP contribution in [0.15, 0.2) is 58.4 Å². The zero-order valence-electron chi connectivity index (χ0n) is 14.9. The summed E-state index contributed by atoms with van der Waals surface area (Å²) in [6, 6.07) is 14.0. The predicted molar refractivity (Wildman–Crippen MR) is 114 cm³/mol. The van der Waals surface area contributed by atoms with Gasteiger partial charge >= 0.3 is 6.03 Å². The lowest BCUT2D eigenvalue weighted by atomic mass is 10.3. The molecule has 0 bridgehead atoms. The van der Waals surface area contributed by atoms with E-state index in [4.69, 9.17) is 4.74 Å². The minimum absolute atomic E-state index is 0.110. The number of nitrogens with one attached hydrogen (secondary N) is 3. The quantitative estimate of drug-likeness (QED) is 0.495. The van der Waals surface area contributed by atoms with E-state index in [1.165, 1.54) is 18.4 Å². The fourth-order valence-corrected chi connectivity index (χ4v) is 3.48. The van der Waals surface area contributed by atoms with Crippen LogP contribution in [-0.4, -0.2) is 24.0 Å². The van der Waals surface area contributed by atoms with Crippen molar-refractivity contribution in [3.05, 3.63) is 64.1 Å². The molecule has 7 nitrogen and oxygen atoms in total. The third-order valence-electron chi connectivity index (χ3n) is 3.58. The minimum atomic E-state index is -0.441. The van der Waals surface area contributed by atoms with Crippen molar-refractivity contribution in [3.8, 4) is 5.75 Å². The Bertz CT molecular complexity index is 993. The van der Waals surface area contributed by atoms with Gasteiger partial charge in [-0.1, -0.05) is 34.1 Å². The first-order valence-electron chi connectivity index (χ1n) is 8.24. The molecule has 3 N–H and O–H groups in total. The van der Waals surface area contributed by atoms with Crippen LogP contribution in [0.3, 0.4) is 0 Å². The Morgan fingerprint density at radius 1 is 1.11 bits per heavy atom. The summed E-state index contributed by atoms with van der Waals surface area (Å²) >= 11 is 4.61. The molecule has 9 heteroatoms. The SMILES string of the molecule is COc1ccccc1NC(=O)Nc1nc(CC(=O)Nc2cccc(Br)c2)cs1. The van der Waals surface area contributed by atoms with Crippen LogP contribution in [0.1, 0.15) is 5.69 Å². The van der Waals surface area contributed by atoms with Crippen LogP contribution in [0.2, 0.25) is 0 Å². The van der Waals surface area contributed by atoms with Gasteiger partial charge in [0.15, 0.2) is 5.13 Å². The fourth-order valence-electron chi connectivity index (χ4n) is 2.38. The number of ether oxygens (including phenoxy) is 1. The normalized spacial score (nSPS) is 10.2. The zero-order valence-corrected chi connectivity index (χ0v) is 17.3. The van der Waals surface area contributed by atoms with Crippen molar-refractivity contribution >= 4 is 55.7 Å². The van der Waals surface area contributed by atoms with E-state index >= 15 is 0 Å². The average molecular weight is 461 g/mol. The highest BCUT2D eigenvalue weighted by Gasteiger charge is 2.12. The lowest BCUT2D eigenvalue weighted by Crippen LogP contribution is -2.20. The second-order valence-corrected chi connectivity index (χ2v) is 7.43. The summed E-state index contributed by atoms with van der Waals surface area (Å²) in [5.41, 5.74) is 1.82. The number of hydrogen-bond acceptors (Lipinski definition) is 5. The molecule has 0 fully saturated rings. The van der Waals surface area contributed by atoms with E-state index in [2.05, 4.69) is 36.9 Å². The van der Waals surface area contributed by atoms with E-state index in [9.17, 15) is 9.59 Å². The number of carbonyl (C=O) groups is 2. The number of amides is 3. The van der Waals surface area contributed by atoms with E-state index < -0.39 is 6.03 Å². The van der Waals surface area contributed by atoms with Crippen molar-refractivity contribution < 1.29 is 14.3 Å². The lowest BCUT2D eigenvalue weighted by Gasteiger charge is -2.09. The summed E-state index contributed by atoms with van der Waals surface area (Å²) in [7, 11) is 1.53.